The van der Waals surface area contributed by atoms with E-state index in [2.05, 4.69) is 4.98 Å². The molecule has 7 heteroatoms. The predicted molar refractivity (Wildman–Crippen MR) is 107 cm³/mol. The third kappa shape index (κ3) is 3.51. The molecule has 148 valence electrons. The van der Waals surface area contributed by atoms with Gasteiger partial charge in [-0.3, -0.25) is 19.3 Å². The van der Waals surface area contributed by atoms with Crippen molar-refractivity contribution in [1.29, 1.82) is 0 Å². The van der Waals surface area contributed by atoms with Crippen molar-refractivity contribution in [1.82, 2.24) is 19.2 Å². The van der Waals surface area contributed by atoms with Crippen LogP contribution < -0.4 is 0 Å². The van der Waals surface area contributed by atoms with Gasteiger partial charge >= 0.3 is 0 Å². The molecule has 1 aliphatic heterocycles. The standard InChI is InChI=1S/C22H22N4O3/c1-2-24(15-16-14-23-19-10-5-6-12-25(16)19)20(27)11-7-13-26-21(28)17-8-3-4-9-18(17)22(26)29/h3-6,8-10,12,14H,2,7,11,13,15H2,1H3. The number of benzene rings is 1. The molecule has 0 saturated heterocycles. The Balaban J connectivity index is 1.35. The summed E-state index contributed by atoms with van der Waals surface area (Å²) in [6.45, 7) is 3.22. The Morgan fingerprint density at radius 2 is 1.72 bits per heavy atom. The van der Waals surface area contributed by atoms with Crippen LogP contribution in [0.4, 0.5) is 0 Å². The van der Waals surface area contributed by atoms with Crippen molar-refractivity contribution in [3.63, 3.8) is 0 Å². The van der Waals surface area contributed by atoms with E-state index in [-0.39, 0.29) is 30.7 Å². The minimum absolute atomic E-state index is 0.00464. The van der Waals surface area contributed by atoms with Gasteiger partial charge in [-0.25, -0.2) is 4.98 Å². The second-order valence-electron chi connectivity index (χ2n) is 7.00. The van der Waals surface area contributed by atoms with Gasteiger partial charge in [-0.1, -0.05) is 18.2 Å². The van der Waals surface area contributed by atoms with Crippen LogP contribution in [0.1, 0.15) is 46.2 Å². The highest BCUT2D eigenvalue weighted by molar-refractivity contribution is 6.21. The molecule has 0 N–H and O–H groups in total. The van der Waals surface area contributed by atoms with Crippen LogP contribution in [0.3, 0.4) is 0 Å². The molecule has 2 aromatic heterocycles. The maximum atomic E-state index is 12.7. The van der Waals surface area contributed by atoms with Gasteiger partial charge in [0.2, 0.25) is 5.91 Å². The van der Waals surface area contributed by atoms with Gasteiger partial charge in [0.1, 0.15) is 5.65 Å². The van der Waals surface area contributed by atoms with Crippen LogP contribution in [0.15, 0.2) is 54.9 Å². The summed E-state index contributed by atoms with van der Waals surface area (Å²) in [5, 5.41) is 0. The van der Waals surface area contributed by atoms with Gasteiger partial charge in [-0.2, -0.15) is 0 Å². The molecule has 0 fully saturated rings. The lowest BCUT2D eigenvalue weighted by atomic mass is 10.1. The fraction of sp³-hybridized carbons (Fsp3) is 0.273. The van der Waals surface area contributed by atoms with Crippen molar-refractivity contribution < 1.29 is 14.4 Å². The molecule has 7 nitrogen and oxygen atoms in total. The lowest BCUT2D eigenvalue weighted by Gasteiger charge is -2.21. The molecule has 1 aromatic carbocycles. The number of pyridine rings is 1. The number of imidazole rings is 1. The highest BCUT2D eigenvalue weighted by Gasteiger charge is 2.34. The minimum atomic E-state index is -0.281. The van der Waals surface area contributed by atoms with Crippen molar-refractivity contribution in [3.05, 3.63) is 71.7 Å². The second-order valence-corrected chi connectivity index (χ2v) is 7.00. The van der Waals surface area contributed by atoms with Crippen molar-refractivity contribution in [3.8, 4) is 0 Å². The first-order valence-electron chi connectivity index (χ1n) is 9.74. The van der Waals surface area contributed by atoms with Gasteiger partial charge in [0, 0.05) is 25.7 Å². The summed E-state index contributed by atoms with van der Waals surface area (Å²) in [6.07, 6.45) is 4.42. The smallest absolute Gasteiger partial charge is 0.261 e. The summed E-state index contributed by atoms with van der Waals surface area (Å²) in [5.41, 5.74) is 2.66. The Hall–Kier alpha value is -3.48. The van der Waals surface area contributed by atoms with Gasteiger partial charge in [0.05, 0.1) is 29.6 Å². The number of aromatic nitrogens is 2. The average Bonchev–Trinajstić information content (AvgIpc) is 3.26. The first kappa shape index (κ1) is 18.9. The normalized spacial score (nSPS) is 13.2. The number of rotatable bonds is 7. The molecule has 1 aliphatic rings. The van der Waals surface area contributed by atoms with Gasteiger partial charge in [0.25, 0.3) is 11.8 Å². The van der Waals surface area contributed by atoms with Crippen molar-refractivity contribution in [2.45, 2.75) is 26.3 Å². The molecule has 0 aliphatic carbocycles. The van der Waals surface area contributed by atoms with Crippen LogP contribution in [0.5, 0.6) is 0 Å². The van der Waals surface area contributed by atoms with Gasteiger partial charge < -0.3 is 9.30 Å². The first-order valence-corrected chi connectivity index (χ1v) is 9.74. The zero-order valence-electron chi connectivity index (χ0n) is 16.2. The third-order valence-electron chi connectivity index (χ3n) is 5.23. The van der Waals surface area contributed by atoms with E-state index in [4.69, 9.17) is 0 Å². The quantitative estimate of drug-likeness (QED) is 0.582. The van der Waals surface area contributed by atoms with Crippen molar-refractivity contribution in [2.24, 2.45) is 0 Å². The van der Waals surface area contributed by atoms with Crippen LogP contribution >= 0.6 is 0 Å². The minimum Gasteiger partial charge on any atom is -0.337 e. The van der Waals surface area contributed by atoms with E-state index in [1.54, 1.807) is 35.4 Å². The van der Waals surface area contributed by atoms with E-state index in [1.165, 1.54) is 4.90 Å². The highest BCUT2D eigenvalue weighted by atomic mass is 16.2. The molecule has 3 amide bonds. The van der Waals surface area contributed by atoms with Gasteiger partial charge in [-0.15, -0.1) is 0 Å². The van der Waals surface area contributed by atoms with E-state index in [0.29, 0.717) is 30.6 Å². The van der Waals surface area contributed by atoms with Crippen molar-refractivity contribution >= 4 is 23.4 Å². The molecule has 0 atom stereocenters. The molecule has 0 radical (unpaired) electrons. The maximum absolute atomic E-state index is 12.7. The molecular formula is C22H22N4O3. The van der Waals surface area contributed by atoms with E-state index >= 15 is 0 Å². The summed E-state index contributed by atoms with van der Waals surface area (Å²) < 4.78 is 1.97. The fourth-order valence-electron chi connectivity index (χ4n) is 3.66. The van der Waals surface area contributed by atoms with Crippen LogP contribution in [-0.2, 0) is 11.3 Å². The molecular weight excluding hydrogens is 368 g/mol. The Morgan fingerprint density at radius 1 is 1.03 bits per heavy atom. The largest absolute Gasteiger partial charge is 0.337 e. The summed E-state index contributed by atoms with van der Waals surface area (Å²) in [6, 6.07) is 12.6. The van der Waals surface area contributed by atoms with Crippen LogP contribution in [-0.4, -0.2) is 50.0 Å². The summed E-state index contributed by atoms with van der Waals surface area (Å²) in [5.74, 6) is -0.567. The number of nitrogens with zero attached hydrogens (tertiary/aromatic N) is 4. The third-order valence-corrected chi connectivity index (χ3v) is 5.23. The monoisotopic (exact) mass is 390 g/mol. The lowest BCUT2D eigenvalue weighted by molar-refractivity contribution is -0.131. The molecule has 3 aromatic rings. The second kappa shape index (κ2) is 7.87. The number of amides is 3. The van der Waals surface area contributed by atoms with E-state index in [1.807, 2.05) is 35.7 Å². The number of imide groups is 1. The summed E-state index contributed by atoms with van der Waals surface area (Å²) >= 11 is 0. The molecule has 0 bridgehead atoms. The summed E-state index contributed by atoms with van der Waals surface area (Å²) in [7, 11) is 0. The number of hydrogen-bond acceptors (Lipinski definition) is 4. The number of carbonyl (C=O) groups is 3. The molecule has 0 saturated carbocycles. The fourth-order valence-corrected chi connectivity index (χ4v) is 3.66. The number of carbonyl (C=O) groups excluding carboxylic acids is 3. The Bertz CT molecular complexity index is 1050. The number of fused-ring (bicyclic) bond motifs is 2. The van der Waals surface area contributed by atoms with E-state index in [9.17, 15) is 14.4 Å². The van der Waals surface area contributed by atoms with Gasteiger partial charge in [0.15, 0.2) is 0 Å². The van der Waals surface area contributed by atoms with E-state index in [0.717, 1.165) is 11.3 Å². The lowest BCUT2D eigenvalue weighted by Crippen LogP contribution is -2.33. The SMILES string of the molecule is CCN(Cc1cnc2ccccn12)C(=O)CCCN1C(=O)c2ccccc2C1=O. The molecule has 0 spiro atoms. The molecule has 4 rings (SSSR count). The zero-order chi connectivity index (χ0) is 20.4. The number of hydrogen-bond donors (Lipinski definition) is 0. The predicted octanol–water partition coefficient (Wildman–Crippen LogP) is 2.76. The zero-order valence-corrected chi connectivity index (χ0v) is 16.2. The Kier molecular flexibility index (Phi) is 5.12. The van der Waals surface area contributed by atoms with Gasteiger partial charge in [-0.05, 0) is 37.6 Å². The first-order chi connectivity index (χ1) is 14.1. The average molecular weight is 390 g/mol. The van der Waals surface area contributed by atoms with E-state index < -0.39 is 0 Å². The Morgan fingerprint density at radius 3 is 2.41 bits per heavy atom. The molecule has 3 heterocycles. The Labute approximate surface area is 168 Å². The highest BCUT2D eigenvalue weighted by Crippen LogP contribution is 2.22. The van der Waals surface area contributed by atoms with Crippen LogP contribution in [0, 0.1) is 0 Å². The summed E-state index contributed by atoms with van der Waals surface area (Å²) in [4.78, 5) is 44.9. The topological polar surface area (TPSA) is 75.0 Å². The van der Waals surface area contributed by atoms with Crippen molar-refractivity contribution in [2.75, 3.05) is 13.1 Å². The molecule has 29 heavy (non-hydrogen) atoms. The van der Waals surface area contributed by atoms with Crippen LogP contribution in [0.2, 0.25) is 0 Å². The molecule has 0 unspecified atom stereocenters. The maximum Gasteiger partial charge on any atom is 0.261 e. The van der Waals surface area contributed by atoms with Crippen LogP contribution in [0.25, 0.3) is 5.65 Å².